The van der Waals surface area contributed by atoms with E-state index in [2.05, 4.69) is 48.5 Å². The molecule has 144 valence electrons. The minimum absolute atomic E-state index is 0.0874. The van der Waals surface area contributed by atoms with Gasteiger partial charge in [0.2, 0.25) is 0 Å². The van der Waals surface area contributed by atoms with Gasteiger partial charge in [0.15, 0.2) is 14.7 Å². The Morgan fingerprint density at radius 2 is 1.40 bits per heavy atom. The number of hydrogen-bond donors (Lipinski definition) is 0. The van der Waals surface area contributed by atoms with Crippen molar-refractivity contribution in [3.63, 3.8) is 0 Å². The van der Waals surface area contributed by atoms with Crippen LogP contribution >= 0.6 is 11.8 Å². The van der Waals surface area contributed by atoms with E-state index in [4.69, 9.17) is 4.74 Å². The van der Waals surface area contributed by atoms with Gasteiger partial charge in [0.25, 0.3) is 0 Å². The summed E-state index contributed by atoms with van der Waals surface area (Å²) in [5, 5.41) is 9.21. The molecule has 0 spiro atoms. The Balaban J connectivity index is 1.52. The van der Waals surface area contributed by atoms with Crippen molar-refractivity contribution in [2.24, 2.45) is 0 Å². The molecule has 0 saturated heterocycles. The summed E-state index contributed by atoms with van der Waals surface area (Å²) in [5.41, 5.74) is -0.0874. The van der Waals surface area contributed by atoms with Crippen LogP contribution in [0.2, 0.25) is 0 Å². The van der Waals surface area contributed by atoms with Crippen LogP contribution in [0.4, 0.5) is 4.39 Å². The molecule has 1 aliphatic rings. The first-order chi connectivity index (χ1) is 14.7. The summed E-state index contributed by atoms with van der Waals surface area (Å²) in [7, 11) is -0.211. The maximum Gasteiger partial charge on any atom is 0.180 e. The van der Waals surface area contributed by atoms with Crippen molar-refractivity contribution in [2.45, 2.75) is 24.5 Å². The standard InChI is InChI=1S/C25H15FNOS2/c26-20-6-5-7-21(19(20)16-27)28-17-12-14-18(15-13-17)30-24-10-3-1-8-22(24)29-23-9-2-4-11-25(23)30/h1-15H/q+1. The molecule has 0 bridgehead atoms. The molecule has 0 N–H and O–H groups in total. The second kappa shape index (κ2) is 7.91. The second-order valence-corrected chi connectivity index (χ2v) is 9.65. The van der Waals surface area contributed by atoms with E-state index in [1.54, 1.807) is 6.07 Å². The number of halogens is 1. The van der Waals surface area contributed by atoms with Gasteiger partial charge in [-0.1, -0.05) is 42.1 Å². The zero-order valence-electron chi connectivity index (χ0n) is 15.7. The van der Waals surface area contributed by atoms with Crippen LogP contribution in [-0.4, -0.2) is 0 Å². The van der Waals surface area contributed by atoms with Crippen LogP contribution in [0.1, 0.15) is 5.56 Å². The van der Waals surface area contributed by atoms with E-state index in [0.29, 0.717) is 5.75 Å². The van der Waals surface area contributed by atoms with Crippen molar-refractivity contribution in [1.29, 1.82) is 5.26 Å². The molecule has 1 aliphatic heterocycles. The summed E-state index contributed by atoms with van der Waals surface area (Å²) < 4.78 is 19.6. The van der Waals surface area contributed by atoms with E-state index >= 15 is 0 Å². The predicted octanol–water partition coefficient (Wildman–Crippen LogP) is 7.05. The third-order valence-electron chi connectivity index (χ3n) is 4.73. The first kappa shape index (κ1) is 18.8. The summed E-state index contributed by atoms with van der Waals surface area (Å²) in [5.74, 6) is 0.205. The molecule has 0 fully saturated rings. The lowest BCUT2D eigenvalue weighted by Crippen LogP contribution is -2.10. The summed E-state index contributed by atoms with van der Waals surface area (Å²) in [4.78, 5) is 6.36. The first-order valence-corrected chi connectivity index (χ1v) is 11.4. The van der Waals surface area contributed by atoms with Gasteiger partial charge in [0.1, 0.15) is 39.8 Å². The maximum absolute atomic E-state index is 13.8. The number of nitrogens with zero attached hydrogens (tertiary/aromatic N) is 1. The third kappa shape index (κ3) is 3.35. The fourth-order valence-electron chi connectivity index (χ4n) is 3.37. The van der Waals surface area contributed by atoms with E-state index in [0.717, 1.165) is 0 Å². The Morgan fingerprint density at radius 3 is 2.03 bits per heavy atom. The molecule has 5 rings (SSSR count). The van der Waals surface area contributed by atoms with Gasteiger partial charge < -0.3 is 4.74 Å². The van der Waals surface area contributed by atoms with Crippen molar-refractivity contribution in [1.82, 2.24) is 0 Å². The van der Waals surface area contributed by atoms with E-state index in [1.807, 2.05) is 42.1 Å². The van der Waals surface area contributed by atoms with Crippen molar-refractivity contribution in [3.8, 4) is 17.6 Å². The lowest BCUT2D eigenvalue weighted by molar-refractivity contribution is 0.474. The average Bonchev–Trinajstić information content (AvgIpc) is 2.78. The Labute approximate surface area is 181 Å². The highest BCUT2D eigenvalue weighted by atomic mass is 32.2. The molecule has 0 aliphatic carbocycles. The minimum Gasteiger partial charge on any atom is -0.456 e. The summed E-state index contributed by atoms with van der Waals surface area (Å²) >= 11 is 1.81. The molecular weight excluding hydrogens is 413 g/mol. The molecule has 0 unspecified atom stereocenters. The Bertz CT molecular complexity index is 1240. The minimum atomic E-state index is -0.582. The Kier molecular flexibility index (Phi) is 4.96. The number of nitriles is 1. The topological polar surface area (TPSA) is 33.0 Å². The SMILES string of the molecule is N#Cc1c(F)cccc1Oc1ccc([S+]2c3ccccc3Sc3ccccc32)cc1. The zero-order valence-corrected chi connectivity index (χ0v) is 17.3. The maximum atomic E-state index is 13.8. The molecule has 2 nitrogen and oxygen atoms in total. The van der Waals surface area contributed by atoms with Crippen molar-refractivity contribution >= 4 is 22.7 Å². The van der Waals surface area contributed by atoms with Gasteiger partial charge in [-0.25, -0.2) is 4.39 Å². The zero-order chi connectivity index (χ0) is 20.5. The van der Waals surface area contributed by atoms with Crippen LogP contribution in [0.5, 0.6) is 11.5 Å². The highest BCUT2D eigenvalue weighted by molar-refractivity contribution is 8.04. The van der Waals surface area contributed by atoms with Gasteiger partial charge in [-0.05, 0) is 60.7 Å². The number of ether oxygens (including phenoxy) is 1. The number of benzene rings is 4. The Morgan fingerprint density at radius 1 is 0.767 bits per heavy atom. The van der Waals surface area contributed by atoms with Crippen LogP contribution in [0.3, 0.4) is 0 Å². The largest absolute Gasteiger partial charge is 0.456 e. The average molecular weight is 429 g/mol. The monoisotopic (exact) mass is 428 g/mol. The van der Waals surface area contributed by atoms with Gasteiger partial charge in [0, 0.05) is 0 Å². The third-order valence-corrected chi connectivity index (χ3v) is 8.48. The van der Waals surface area contributed by atoms with E-state index in [9.17, 15) is 9.65 Å². The molecule has 5 heteroatoms. The number of rotatable bonds is 3. The van der Waals surface area contributed by atoms with Crippen LogP contribution in [0.25, 0.3) is 0 Å². The predicted molar refractivity (Wildman–Crippen MR) is 117 cm³/mol. The summed E-state index contributed by atoms with van der Waals surface area (Å²) in [6.07, 6.45) is 0. The molecule has 30 heavy (non-hydrogen) atoms. The summed E-state index contributed by atoms with van der Waals surface area (Å²) in [6.45, 7) is 0. The number of fused-ring (bicyclic) bond motifs is 2. The van der Waals surface area contributed by atoms with E-state index in [1.165, 1.54) is 36.6 Å². The van der Waals surface area contributed by atoms with Gasteiger partial charge >= 0.3 is 0 Å². The molecule has 1 heterocycles. The molecule has 0 amide bonds. The fourth-order valence-corrected chi connectivity index (χ4v) is 7.10. The van der Waals surface area contributed by atoms with Gasteiger partial charge in [-0.15, -0.1) is 0 Å². The van der Waals surface area contributed by atoms with Gasteiger partial charge in [0.05, 0.1) is 9.79 Å². The molecule has 0 atom stereocenters. The lowest BCUT2D eigenvalue weighted by Gasteiger charge is -2.18. The smallest absolute Gasteiger partial charge is 0.180 e. The fraction of sp³-hybridized carbons (Fsp3) is 0. The highest BCUT2D eigenvalue weighted by Gasteiger charge is 2.37. The molecule has 4 aromatic rings. The van der Waals surface area contributed by atoms with Crippen LogP contribution in [0, 0.1) is 17.1 Å². The lowest BCUT2D eigenvalue weighted by atomic mass is 10.2. The Hall–Kier alpha value is -3.20. The van der Waals surface area contributed by atoms with Crippen molar-refractivity contribution in [3.05, 3.63) is 102 Å². The van der Waals surface area contributed by atoms with E-state index < -0.39 is 5.82 Å². The van der Waals surface area contributed by atoms with Gasteiger partial charge in [-0.3, -0.25) is 0 Å². The van der Waals surface area contributed by atoms with Gasteiger partial charge in [-0.2, -0.15) is 5.26 Å². The van der Waals surface area contributed by atoms with Crippen molar-refractivity contribution < 1.29 is 9.13 Å². The second-order valence-electron chi connectivity index (χ2n) is 6.60. The quantitative estimate of drug-likeness (QED) is 0.289. The summed E-state index contributed by atoms with van der Waals surface area (Å²) in [6, 6.07) is 31.1. The van der Waals surface area contributed by atoms with Crippen molar-refractivity contribution in [2.75, 3.05) is 0 Å². The molecule has 0 radical (unpaired) electrons. The molecule has 4 aromatic carbocycles. The normalized spacial score (nSPS) is 12.5. The number of hydrogen-bond acceptors (Lipinski definition) is 3. The van der Waals surface area contributed by atoms with Crippen LogP contribution < -0.4 is 4.74 Å². The van der Waals surface area contributed by atoms with E-state index in [-0.39, 0.29) is 22.2 Å². The highest BCUT2D eigenvalue weighted by Crippen LogP contribution is 2.48. The molecule has 0 aromatic heterocycles. The van der Waals surface area contributed by atoms with Crippen LogP contribution in [-0.2, 0) is 10.9 Å². The molecular formula is C25H15FNOS2+. The van der Waals surface area contributed by atoms with Crippen LogP contribution in [0.15, 0.2) is 115 Å². The molecule has 0 saturated carbocycles. The first-order valence-electron chi connectivity index (χ1n) is 9.31.